The standard InChI is InChI=1S/C25H35N5O6S/c1-24(2,19(32)14-31)37(35,36)25(10-11-25)15-30-12-9-18-20(28-29(4)21(18)23(30)34)22(33)27-13-16-5-7-17(26-3)8-6-16/h5-8,19,26,31-32H,9-15H2,1-4H3,(H,27,33). The molecule has 12 heteroatoms. The second-order valence-electron chi connectivity index (χ2n) is 10.4. The fraction of sp³-hybridized carbons (Fsp3) is 0.560. The van der Waals surface area contributed by atoms with E-state index in [0.717, 1.165) is 11.3 Å². The topological polar surface area (TPSA) is 154 Å². The van der Waals surface area contributed by atoms with Gasteiger partial charge in [0.25, 0.3) is 11.8 Å². The number of aromatic nitrogens is 2. The highest BCUT2D eigenvalue weighted by molar-refractivity contribution is 7.94. The first-order valence-corrected chi connectivity index (χ1v) is 13.8. The number of aliphatic hydroxyl groups is 2. The highest BCUT2D eigenvalue weighted by atomic mass is 32.2. The number of aryl methyl sites for hydroxylation is 1. The summed E-state index contributed by atoms with van der Waals surface area (Å²) in [5, 5.41) is 29.8. The molecule has 2 aliphatic rings. The van der Waals surface area contributed by atoms with Crippen molar-refractivity contribution in [1.82, 2.24) is 20.0 Å². The zero-order valence-electron chi connectivity index (χ0n) is 21.6. The van der Waals surface area contributed by atoms with Gasteiger partial charge in [-0.2, -0.15) is 5.10 Å². The predicted octanol–water partition coefficient (Wildman–Crippen LogP) is 0.469. The average molecular weight is 534 g/mol. The van der Waals surface area contributed by atoms with Crippen molar-refractivity contribution in [3.63, 3.8) is 0 Å². The van der Waals surface area contributed by atoms with E-state index in [1.807, 2.05) is 31.3 Å². The van der Waals surface area contributed by atoms with Crippen molar-refractivity contribution in [3.05, 3.63) is 46.8 Å². The lowest BCUT2D eigenvalue weighted by Gasteiger charge is -2.36. The van der Waals surface area contributed by atoms with Crippen molar-refractivity contribution in [2.24, 2.45) is 7.05 Å². The van der Waals surface area contributed by atoms with Crippen LogP contribution in [0.5, 0.6) is 0 Å². The quantitative estimate of drug-likeness (QED) is 0.344. The van der Waals surface area contributed by atoms with Gasteiger partial charge in [-0.15, -0.1) is 0 Å². The minimum absolute atomic E-state index is 0.00942. The Morgan fingerprint density at radius 3 is 2.46 bits per heavy atom. The van der Waals surface area contributed by atoms with Gasteiger partial charge in [0.15, 0.2) is 15.5 Å². The van der Waals surface area contributed by atoms with Crippen LogP contribution in [-0.2, 0) is 29.9 Å². The molecule has 202 valence electrons. The Kier molecular flexibility index (Phi) is 7.12. The molecule has 2 amide bonds. The number of hydrogen-bond acceptors (Lipinski definition) is 8. The molecule has 1 aromatic carbocycles. The van der Waals surface area contributed by atoms with Gasteiger partial charge >= 0.3 is 0 Å². The zero-order chi connectivity index (χ0) is 27.2. The van der Waals surface area contributed by atoms with E-state index >= 15 is 0 Å². The maximum absolute atomic E-state index is 13.5. The molecule has 1 aliphatic heterocycles. The second-order valence-corrected chi connectivity index (χ2v) is 13.3. The first-order valence-electron chi connectivity index (χ1n) is 12.3. The summed E-state index contributed by atoms with van der Waals surface area (Å²) in [6.07, 6.45) is -0.310. The molecule has 11 nitrogen and oxygen atoms in total. The van der Waals surface area contributed by atoms with Crippen molar-refractivity contribution in [1.29, 1.82) is 0 Å². The van der Waals surface area contributed by atoms with Crippen molar-refractivity contribution in [2.75, 3.05) is 32.1 Å². The molecule has 2 aromatic rings. The molecule has 1 unspecified atom stereocenters. The SMILES string of the molecule is CNc1ccc(CNC(=O)c2nn(C)c3c2CCN(CC2(S(=O)(=O)C(C)(C)C(O)CO)CC2)C3=O)cc1. The number of carbonyl (C=O) groups is 2. The molecular formula is C25H35N5O6S. The number of fused-ring (bicyclic) bond motifs is 1. The number of amides is 2. The van der Waals surface area contributed by atoms with Crippen LogP contribution in [0.15, 0.2) is 24.3 Å². The smallest absolute Gasteiger partial charge is 0.272 e. The highest BCUT2D eigenvalue weighted by Gasteiger charge is 2.62. The third-order valence-electron chi connectivity index (χ3n) is 7.70. The predicted molar refractivity (Wildman–Crippen MR) is 138 cm³/mol. The van der Waals surface area contributed by atoms with Crippen LogP contribution in [0.3, 0.4) is 0 Å². The lowest BCUT2D eigenvalue weighted by molar-refractivity contribution is 0.0673. The number of sulfone groups is 1. The molecule has 1 saturated carbocycles. The van der Waals surface area contributed by atoms with Gasteiger partial charge in [0.1, 0.15) is 5.69 Å². The summed E-state index contributed by atoms with van der Waals surface area (Å²) < 4.78 is 25.6. The number of nitrogens with one attached hydrogen (secondary N) is 2. The molecule has 0 bridgehead atoms. The average Bonchev–Trinajstić information content (AvgIpc) is 3.60. The summed E-state index contributed by atoms with van der Waals surface area (Å²) >= 11 is 0. The molecule has 1 atom stereocenters. The number of benzene rings is 1. The summed E-state index contributed by atoms with van der Waals surface area (Å²) in [6, 6.07) is 7.64. The molecule has 37 heavy (non-hydrogen) atoms. The summed E-state index contributed by atoms with van der Waals surface area (Å²) in [4.78, 5) is 27.9. The van der Waals surface area contributed by atoms with E-state index in [2.05, 4.69) is 15.7 Å². The Balaban J connectivity index is 1.49. The third-order valence-corrected chi connectivity index (χ3v) is 11.0. The maximum Gasteiger partial charge on any atom is 0.272 e. The fourth-order valence-electron chi connectivity index (χ4n) is 4.91. The molecular weight excluding hydrogens is 498 g/mol. The van der Waals surface area contributed by atoms with Crippen LogP contribution in [0.4, 0.5) is 5.69 Å². The molecule has 1 aliphatic carbocycles. The monoisotopic (exact) mass is 533 g/mol. The Morgan fingerprint density at radius 1 is 1.24 bits per heavy atom. The Labute approximate surface area is 216 Å². The van der Waals surface area contributed by atoms with Crippen molar-refractivity contribution in [3.8, 4) is 0 Å². The van der Waals surface area contributed by atoms with E-state index in [1.54, 1.807) is 7.05 Å². The highest BCUT2D eigenvalue weighted by Crippen LogP contribution is 2.50. The van der Waals surface area contributed by atoms with Crippen LogP contribution in [0, 0.1) is 0 Å². The van der Waals surface area contributed by atoms with Crippen LogP contribution in [-0.4, -0.2) is 87.5 Å². The molecule has 4 N–H and O–H groups in total. The minimum atomic E-state index is -3.89. The Hall–Kier alpha value is -2.96. The van der Waals surface area contributed by atoms with E-state index in [-0.39, 0.29) is 36.3 Å². The van der Waals surface area contributed by atoms with Gasteiger partial charge in [-0.3, -0.25) is 14.3 Å². The molecule has 1 aromatic heterocycles. The molecule has 1 fully saturated rings. The minimum Gasteiger partial charge on any atom is -0.394 e. The Bertz CT molecular complexity index is 1300. The summed E-state index contributed by atoms with van der Waals surface area (Å²) in [7, 11) is -0.466. The second kappa shape index (κ2) is 9.73. The number of anilines is 1. The van der Waals surface area contributed by atoms with Gasteiger partial charge in [-0.05, 0) is 50.8 Å². The molecule has 4 rings (SSSR count). The number of carbonyl (C=O) groups excluding carboxylic acids is 2. The number of rotatable bonds is 10. The zero-order valence-corrected chi connectivity index (χ0v) is 22.4. The molecule has 2 heterocycles. The van der Waals surface area contributed by atoms with Crippen LogP contribution in [0.2, 0.25) is 0 Å². The van der Waals surface area contributed by atoms with Gasteiger partial charge in [0, 0.05) is 45.0 Å². The normalized spacial score (nSPS) is 17.8. The van der Waals surface area contributed by atoms with E-state index in [4.69, 9.17) is 0 Å². The van der Waals surface area contributed by atoms with Crippen LogP contribution < -0.4 is 10.6 Å². The van der Waals surface area contributed by atoms with E-state index in [1.165, 1.54) is 23.4 Å². The number of hydrogen-bond donors (Lipinski definition) is 4. The van der Waals surface area contributed by atoms with Gasteiger partial charge in [0.05, 0.1) is 22.2 Å². The summed E-state index contributed by atoms with van der Waals surface area (Å²) in [5.41, 5.74) is 2.90. The van der Waals surface area contributed by atoms with Crippen molar-refractivity contribution in [2.45, 2.75) is 55.3 Å². The first-order chi connectivity index (χ1) is 17.4. The van der Waals surface area contributed by atoms with Gasteiger partial charge in [-0.1, -0.05) is 12.1 Å². The van der Waals surface area contributed by atoms with E-state index in [0.29, 0.717) is 31.4 Å². The molecule has 0 radical (unpaired) electrons. The van der Waals surface area contributed by atoms with Crippen LogP contribution in [0.25, 0.3) is 0 Å². The van der Waals surface area contributed by atoms with Gasteiger partial charge in [-0.25, -0.2) is 8.42 Å². The third kappa shape index (κ3) is 4.62. The van der Waals surface area contributed by atoms with Crippen LogP contribution >= 0.6 is 0 Å². The number of nitrogens with zero attached hydrogens (tertiary/aromatic N) is 3. The number of aliphatic hydroxyl groups excluding tert-OH is 2. The molecule has 0 saturated heterocycles. The summed E-state index contributed by atoms with van der Waals surface area (Å²) in [5.74, 6) is -0.753. The lowest BCUT2D eigenvalue weighted by Crippen LogP contribution is -2.55. The fourth-order valence-corrected chi connectivity index (χ4v) is 7.43. The van der Waals surface area contributed by atoms with Crippen LogP contribution in [0.1, 0.15) is 58.8 Å². The first kappa shape index (κ1) is 27.1. The molecule has 0 spiro atoms. The van der Waals surface area contributed by atoms with Crippen molar-refractivity contribution >= 4 is 27.3 Å². The van der Waals surface area contributed by atoms with Crippen molar-refractivity contribution < 1.29 is 28.2 Å². The Morgan fingerprint density at radius 2 is 1.89 bits per heavy atom. The van der Waals surface area contributed by atoms with Gasteiger partial charge < -0.3 is 25.7 Å². The van der Waals surface area contributed by atoms with E-state index < -0.39 is 32.0 Å². The largest absolute Gasteiger partial charge is 0.394 e. The maximum atomic E-state index is 13.5. The summed E-state index contributed by atoms with van der Waals surface area (Å²) in [6.45, 7) is 2.69. The van der Waals surface area contributed by atoms with Gasteiger partial charge in [0.2, 0.25) is 0 Å². The van der Waals surface area contributed by atoms with E-state index in [9.17, 15) is 28.2 Å². The lowest BCUT2D eigenvalue weighted by atomic mass is 10.0.